The van der Waals surface area contributed by atoms with Gasteiger partial charge in [0.15, 0.2) is 5.58 Å². The molecule has 0 radical (unpaired) electrons. The lowest BCUT2D eigenvalue weighted by Gasteiger charge is -2.09. The third-order valence-electron chi connectivity index (χ3n) is 3.70. The second-order valence-corrected chi connectivity index (χ2v) is 6.07. The summed E-state index contributed by atoms with van der Waals surface area (Å²) >= 11 is 6.00. The van der Waals surface area contributed by atoms with Crippen LogP contribution in [0.3, 0.4) is 0 Å². The number of nitrogens with one attached hydrogen (secondary N) is 2. The molecule has 2 N–H and O–H groups in total. The van der Waals surface area contributed by atoms with Crippen molar-refractivity contribution in [3.05, 3.63) is 58.0 Å². The van der Waals surface area contributed by atoms with Crippen LogP contribution < -0.4 is 16.4 Å². The summed E-state index contributed by atoms with van der Waals surface area (Å²) in [6, 6.07) is 11.8. The fraction of sp³-hybridized carbons (Fsp3) is 0.167. The Morgan fingerprint density at radius 3 is 2.69 bits per heavy atom. The summed E-state index contributed by atoms with van der Waals surface area (Å²) in [6.07, 6.45) is 0.0849. The normalized spacial score (nSPS) is 10.7. The molecule has 7 nitrogen and oxygen atoms in total. The number of hydrogen-bond donors (Lipinski definition) is 2. The lowest BCUT2D eigenvalue weighted by atomic mass is 10.2. The van der Waals surface area contributed by atoms with Crippen LogP contribution >= 0.6 is 11.6 Å². The molecule has 0 saturated heterocycles. The van der Waals surface area contributed by atoms with Crippen LogP contribution in [0.5, 0.6) is 0 Å². The first kappa shape index (κ1) is 17.8. The molecule has 1 heterocycles. The quantitative estimate of drug-likeness (QED) is 0.718. The van der Waals surface area contributed by atoms with Crippen LogP contribution in [0.2, 0.25) is 5.02 Å². The average molecular weight is 374 g/mol. The highest BCUT2D eigenvalue weighted by molar-refractivity contribution is 6.33. The number of halogens is 1. The number of nitrogens with zero attached hydrogens (tertiary/aromatic N) is 1. The molecule has 2 aromatic carbocycles. The Hall–Kier alpha value is -3.06. The minimum atomic E-state index is -0.501. The van der Waals surface area contributed by atoms with Crippen LogP contribution in [-0.4, -0.2) is 16.4 Å². The first-order chi connectivity index (χ1) is 12.4. The van der Waals surface area contributed by atoms with E-state index in [1.165, 1.54) is 11.5 Å². The van der Waals surface area contributed by atoms with Gasteiger partial charge in [-0.05, 0) is 30.3 Å². The van der Waals surface area contributed by atoms with E-state index in [-0.39, 0.29) is 24.8 Å². The van der Waals surface area contributed by atoms with Crippen LogP contribution in [0.4, 0.5) is 11.4 Å². The maximum absolute atomic E-state index is 12.2. The fourth-order valence-electron chi connectivity index (χ4n) is 2.55. The topological polar surface area (TPSA) is 93.3 Å². The molecule has 0 aliphatic heterocycles. The highest BCUT2D eigenvalue weighted by Crippen LogP contribution is 2.25. The van der Waals surface area contributed by atoms with Gasteiger partial charge in [-0.1, -0.05) is 23.7 Å². The van der Waals surface area contributed by atoms with Gasteiger partial charge in [-0.2, -0.15) is 0 Å². The molecule has 0 atom stereocenters. The predicted octanol–water partition coefficient (Wildman–Crippen LogP) is 3.24. The number of carbonyl (C=O) groups is 2. The van der Waals surface area contributed by atoms with Gasteiger partial charge in [0.1, 0.15) is 0 Å². The van der Waals surface area contributed by atoms with E-state index >= 15 is 0 Å². The summed E-state index contributed by atoms with van der Waals surface area (Å²) in [4.78, 5) is 35.3. The van der Waals surface area contributed by atoms with E-state index < -0.39 is 5.76 Å². The van der Waals surface area contributed by atoms with E-state index in [1.54, 1.807) is 42.5 Å². The SMILES string of the molecule is CC(=O)Nc1cc(NC(=O)CCn2c(=O)oc3ccccc32)ccc1Cl. The standard InChI is InChI=1S/C18H16ClN3O4/c1-11(23)20-14-10-12(6-7-13(14)19)21-17(24)8-9-22-15-4-2-3-5-16(15)26-18(22)25/h2-7,10H,8-9H2,1H3,(H,20,23)(H,21,24). The highest BCUT2D eigenvalue weighted by Gasteiger charge is 2.11. The molecule has 0 aliphatic rings. The monoisotopic (exact) mass is 373 g/mol. The van der Waals surface area contributed by atoms with E-state index in [2.05, 4.69) is 10.6 Å². The molecule has 0 unspecified atom stereocenters. The van der Waals surface area contributed by atoms with E-state index in [0.717, 1.165) is 0 Å². The number of para-hydroxylation sites is 2. The highest BCUT2D eigenvalue weighted by atomic mass is 35.5. The average Bonchev–Trinajstić information content (AvgIpc) is 2.91. The van der Waals surface area contributed by atoms with Crippen LogP contribution in [0.1, 0.15) is 13.3 Å². The zero-order chi connectivity index (χ0) is 18.7. The largest absolute Gasteiger partial charge is 0.419 e. The maximum atomic E-state index is 12.2. The summed E-state index contributed by atoms with van der Waals surface area (Å²) in [5.74, 6) is -1.04. The van der Waals surface area contributed by atoms with Crippen molar-refractivity contribution < 1.29 is 14.0 Å². The minimum Gasteiger partial charge on any atom is -0.408 e. The number of amides is 2. The van der Waals surface area contributed by atoms with Gasteiger partial charge in [-0.15, -0.1) is 0 Å². The third kappa shape index (κ3) is 3.94. The smallest absolute Gasteiger partial charge is 0.408 e. The first-order valence-corrected chi connectivity index (χ1v) is 8.27. The van der Waals surface area contributed by atoms with Crippen molar-refractivity contribution in [2.75, 3.05) is 10.6 Å². The number of hydrogen-bond acceptors (Lipinski definition) is 4. The van der Waals surface area contributed by atoms with Crippen LogP contribution in [0.25, 0.3) is 11.1 Å². The molecule has 3 rings (SSSR count). The Balaban J connectivity index is 1.68. The number of benzene rings is 2. The second-order valence-electron chi connectivity index (χ2n) is 5.66. The van der Waals surface area contributed by atoms with Crippen molar-refractivity contribution in [1.29, 1.82) is 0 Å². The van der Waals surface area contributed by atoms with Crippen LogP contribution in [0, 0.1) is 0 Å². The Kier molecular flexibility index (Phi) is 5.09. The molecule has 0 spiro atoms. The van der Waals surface area contributed by atoms with E-state index in [4.69, 9.17) is 16.0 Å². The van der Waals surface area contributed by atoms with Crippen LogP contribution in [-0.2, 0) is 16.1 Å². The molecule has 8 heteroatoms. The minimum absolute atomic E-state index is 0.0849. The number of oxazole rings is 1. The van der Waals surface area contributed by atoms with Crippen molar-refractivity contribution in [1.82, 2.24) is 4.57 Å². The van der Waals surface area contributed by atoms with Crippen molar-refractivity contribution in [3.8, 4) is 0 Å². The van der Waals surface area contributed by atoms with Gasteiger partial charge < -0.3 is 15.1 Å². The number of aromatic nitrogens is 1. The molecular formula is C18H16ClN3O4. The Morgan fingerprint density at radius 1 is 1.15 bits per heavy atom. The van der Waals surface area contributed by atoms with Gasteiger partial charge in [-0.3, -0.25) is 14.2 Å². The van der Waals surface area contributed by atoms with Gasteiger partial charge in [0.05, 0.1) is 16.2 Å². The number of rotatable bonds is 5. The molecule has 3 aromatic rings. The van der Waals surface area contributed by atoms with Gasteiger partial charge in [-0.25, -0.2) is 4.79 Å². The molecular weight excluding hydrogens is 358 g/mol. The molecule has 1 aromatic heterocycles. The fourth-order valence-corrected chi connectivity index (χ4v) is 2.72. The molecule has 134 valence electrons. The van der Waals surface area contributed by atoms with Crippen molar-refractivity contribution in [2.24, 2.45) is 0 Å². The molecule has 26 heavy (non-hydrogen) atoms. The lowest BCUT2D eigenvalue weighted by Crippen LogP contribution is -2.20. The Labute approximate surface area is 153 Å². The van der Waals surface area contributed by atoms with Crippen molar-refractivity contribution >= 4 is 45.9 Å². The molecule has 0 aliphatic carbocycles. The number of anilines is 2. The summed E-state index contributed by atoms with van der Waals surface area (Å²) < 4.78 is 6.55. The molecule has 0 fully saturated rings. The van der Waals surface area contributed by atoms with Gasteiger partial charge >= 0.3 is 5.76 Å². The van der Waals surface area contributed by atoms with Crippen LogP contribution in [0.15, 0.2) is 51.7 Å². The third-order valence-corrected chi connectivity index (χ3v) is 4.03. The van der Waals surface area contributed by atoms with E-state index in [9.17, 15) is 14.4 Å². The summed E-state index contributed by atoms with van der Waals surface area (Å²) in [5.41, 5.74) is 2.03. The summed E-state index contributed by atoms with van der Waals surface area (Å²) in [5, 5.41) is 5.68. The number of fused-ring (bicyclic) bond motifs is 1. The summed E-state index contributed by atoms with van der Waals surface area (Å²) in [6.45, 7) is 1.56. The second kappa shape index (κ2) is 7.45. The maximum Gasteiger partial charge on any atom is 0.419 e. The van der Waals surface area contributed by atoms with E-state index in [0.29, 0.717) is 27.5 Å². The van der Waals surface area contributed by atoms with Gasteiger partial charge in [0.25, 0.3) is 0 Å². The van der Waals surface area contributed by atoms with Gasteiger partial charge in [0, 0.05) is 25.6 Å². The first-order valence-electron chi connectivity index (χ1n) is 7.89. The number of carbonyl (C=O) groups excluding carboxylic acids is 2. The predicted molar refractivity (Wildman–Crippen MR) is 99.5 cm³/mol. The molecule has 0 saturated carbocycles. The van der Waals surface area contributed by atoms with Gasteiger partial charge in [0.2, 0.25) is 11.8 Å². The lowest BCUT2D eigenvalue weighted by molar-refractivity contribution is -0.116. The Morgan fingerprint density at radius 2 is 1.92 bits per heavy atom. The van der Waals surface area contributed by atoms with Crippen molar-refractivity contribution in [2.45, 2.75) is 19.9 Å². The van der Waals surface area contributed by atoms with Crippen molar-refractivity contribution in [3.63, 3.8) is 0 Å². The van der Waals surface area contributed by atoms with E-state index in [1.807, 2.05) is 0 Å². The zero-order valence-electron chi connectivity index (χ0n) is 13.9. The zero-order valence-corrected chi connectivity index (χ0v) is 14.7. The molecule has 2 amide bonds. The Bertz CT molecular complexity index is 1040. The molecule has 0 bridgehead atoms. The number of aryl methyl sites for hydroxylation is 1. The summed E-state index contributed by atoms with van der Waals surface area (Å²) in [7, 11) is 0.